The normalized spacial score (nSPS) is 15.8. The molecule has 3 heterocycles. The second-order valence-corrected chi connectivity index (χ2v) is 10.0. The summed E-state index contributed by atoms with van der Waals surface area (Å²) >= 11 is 0. The third-order valence-electron chi connectivity index (χ3n) is 6.13. The number of hydrogen-bond donors (Lipinski definition) is 0. The Morgan fingerprint density at radius 3 is 2.21 bits per heavy atom. The maximum absolute atomic E-state index is 13.2. The highest BCUT2D eigenvalue weighted by Crippen LogP contribution is 2.36. The van der Waals surface area contributed by atoms with Crippen molar-refractivity contribution in [2.24, 2.45) is 7.05 Å². The van der Waals surface area contributed by atoms with Crippen LogP contribution in [0.25, 0.3) is 34.3 Å². The highest BCUT2D eigenvalue weighted by molar-refractivity contribution is 7.97. The van der Waals surface area contributed by atoms with Gasteiger partial charge in [0, 0.05) is 23.9 Å². The van der Waals surface area contributed by atoms with E-state index in [4.69, 9.17) is 4.98 Å². The van der Waals surface area contributed by atoms with Crippen LogP contribution in [-0.2, 0) is 16.9 Å². The van der Waals surface area contributed by atoms with Gasteiger partial charge in [0.05, 0.1) is 16.1 Å². The zero-order chi connectivity index (χ0) is 23.4. The zero-order valence-electron chi connectivity index (χ0n) is 18.2. The molecule has 6 nitrogen and oxygen atoms in total. The summed E-state index contributed by atoms with van der Waals surface area (Å²) in [5.74, 6) is 0.310. The molecule has 34 heavy (non-hydrogen) atoms. The second kappa shape index (κ2) is 7.40. The minimum absolute atomic E-state index is 0.0538. The predicted molar refractivity (Wildman–Crippen MR) is 131 cm³/mol. The standard InChI is InChI=1S/C27H19N3O3S/c1-29-22-16-20(17-24-25(31)21-14-8-9-15-23(21)34(24,32)33)30(19-12-6-3-7-13-19)27(22)28-26(29)18-10-4-2-5-11-18/h2-17H,1H3/b24-17+. The van der Waals surface area contributed by atoms with Gasteiger partial charge in [-0.25, -0.2) is 13.4 Å². The first-order valence-electron chi connectivity index (χ1n) is 10.8. The molecule has 0 bridgehead atoms. The van der Waals surface area contributed by atoms with E-state index in [1.165, 1.54) is 12.1 Å². The molecule has 3 aromatic carbocycles. The van der Waals surface area contributed by atoms with E-state index in [1.54, 1.807) is 18.2 Å². The number of nitrogens with zero attached hydrogens (tertiary/aromatic N) is 3. The van der Waals surface area contributed by atoms with Crippen molar-refractivity contribution in [3.05, 3.63) is 107 Å². The van der Waals surface area contributed by atoms with Gasteiger partial charge in [0.15, 0.2) is 5.65 Å². The van der Waals surface area contributed by atoms with Crippen LogP contribution in [0.2, 0.25) is 0 Å². The third-order valence-corrected chi connectivity index (χ3v) is 7.95. The number of allylic oxidation sites excluding steroid dienone is 1. The van der Waals surface area contributed by atoms with Gasteiger partial charge in [-0.2, -0.15) is 0 Å². The van der Waals surface area contributed by atoms with Gasteiger partial charge in [-0.3, -0.25) is 9.36 Å². The van der Waals surface area contributed by atoms with Crippen molar-refractivity contribution in [1.29, 1.82) is 0 Å². The largest absolute Gasteiger partial charge is 0.326 e. The highest BCUT2D eigenvalue weighted by atomic mass is 32.2. The molecule has 0 atom stereocenters. The van der Waals surface area contributed by atoms with Crippen molar-refractivity contribution < 1.29 is 13.2 Å². The average Bonchev–Trinajstić information content (AvgIpc) is 3.44. The molecule has 0 radical (unpaired) electrons. The van der Waals surface area contributed by atoms with Crippen LogP contribution in [0, 0.1) is 0 Å². The molecule has 0 spiro atoms. The van der Waals surface area contributed by atoms with Crippen molar-refractivity contribution >= 4 is 32.9 Å². The van der Waals surface area contributed by atoms with E-state index >= 15 is 0 Å². The van der Waals surface area contributed by atoms with Crippen molar-refractivity contribution in [2.75, 3.05) is 0 Å². The van der Waals surface area contributed by atoms with Crippen LogP contribution in [0.15, 0.2) is 101 Å². The van der Waals surface area contributed by atoms with Gasteiger partial charge < -0.3 is 4.57 Å². The fourth-order valence-electron chi connectivity index (χ4n) is 4.49. The van der Waals surface area contributed by atoms with Crippen LogP contribution < -0.4 is 0 Å². The summed E-state index contributed by atoms with van der Waals surface area (Å²) in [5.41, 5.74) is 4.08. The Kier molecular flexibility index (Phi) is 4.43. The lowest BCUT2D eigenvalue weighted by Gasteiger charge is -2.08. The minimum atomic E-state index is -3.90. The monoisotopic (exact) mass is 465 g/mol. The molecule has 0 saturated carbocycles. The smallest absolute Gasteiger partial charge is 0.211 e. The number of aryl methyl sites for hydroxylation is 1. The van der Waals surface area contributed by atoms with E-state index in [-0.39, 0.29) is 15.4 Å². The summed E-state index contributed by atoms with van der Waals surface area (Å²) in [7, 11) is -1.98. The summed E-state index contributed by atoms with van der Waals surface area (Å²) < 4.78 is 30.2. The highest BCUT2D eigenvalue weighted by Gasteiger charge is 2.39. The molecular formula is C27H19N3O3S. The Balaban J connectivity index is 1.62. The zero-order valence-corrected chi connectivity index (χ0v) is 19.0. The molecule has 6 rings (SSSR count). The van der Waals surface area contributed by atoms with Gasteiger partial charge in [-0.05, 0) is 36.4 Å². The molecule has 1 aliphatic heterocycles. The topological polar surface area (TPSA) is 74.0 Å². The van der Waals surface area contributed by atoms with Crippen molar-refractivity contribution in [3.63, 3.8) is 0 Å². The first-order chi connectivity index (χ1) is 16.5. The molecule has 0 saturated heterocycles. The Morgan fingerprint density at radius 1 is 0.853 bits per heavy atom. The summed E-state index contributed by atoms with van der Waals surface area (Å²) in [6, 6.07) is 27.7. The number of benzene rings is 3. The maximum atomic E-state index is 13.2. The van der Waals surface area contributed by atoms with Gasteiger partial charge in [0.25, 0.3) is 0 Å². The van der Waals surface area contributed by atoms with Crippen LogP contribution >= 0.6 is 0 Å². The fourth-order valence-corrected chi connectivity index (χ4v) is 6.06. The first-order valence-corrected chi connectivity index (χ1v) is 12.2. The van der Waals surface area contributed by atoms with E-state index in [1.807, 2.05) is 82.9 Å². The van der Waals surface area contributed by atoms with E-state index < -0.39 is 15.6 Å². The molecule has 5 aromatic rings. The van der Waals surface area contributed by atoms with Crippen LogP contribution in [0.4, 0.5) is 0 Å². The number of para-hydroxylation sites is 1. The first kappa shape index (κ1) is 20.4. The Morgan fingerprint density at radius 2 is 1.50 bits per heavy atom. The number of Topliss-reactive ketones (excluding diaryl/α,β-unsaturated/α-hetero) is 1. The maximum Gasteiger partial charge on any atom is 0.211 e. The number of hydrogen-bond acceptors (Lipinski definition) is 4. The molecular weight excluding hydrogens is 446 g/mol. The van der Waals surface area contributed by atoms with E-state index in [0.29, 0.717) is 11.3 Å². The van der Waals surface area contributed by atoms with E-state index in [0.717, 1.165) is 22.6 Å². The molecule has 2 aromatic heterocycles. The SMILES string of the molecule is Cn1c(-c2ccccc2)nc2c1cc(/C=C1\C(=O)c3ccccc3S1(=O)=O)n2-c1ccccc1. The van der Waals surface area contributed by atoms with Crippen LogP contribution in [0.3, 0.4) is 0 Å². The third kappa shape index (κ3) is 2.90. The molecule has 0 N–H and O–H groups in total. The Bertz CT molecular complexity index is 1730. The molecule has 0 aliphatic carbocycles. The predicted octanol–water partition coefficient (Wildman–Crippen LogP) is 5.04. The lowest BCUT2D eigenvalue weighted by Crippen LogP contribution is -2.04. The molecule has 0 fully saturated rings. The number of rotatable bonds is 3. The summed E-state index contributed by atoms with van der Waals surface area (Å²) in [4.78, 5) is 17.8. The lowest BCUT2D eigenvalue weighted by molar-refractivity contribution is 0.104. The van der Waals surface area contributed by atoms with Gasteiger partial charge in [-0.15, -0.1) is 0 Å². The molecule has 7 heteroatoms. The minimum Gasteiger partial charge on any atom is -0.326 e. The molecule has 1 aliphatic rings. The number of ketones is 1. The lowest BCUT2D eigenvalue weighted by atomic mass is 10.1. The van der Waals surface area contributed by atoms with Crippen molar-refractivity contribution in [3.8, 4) is 17.1 Å². The van der Waals surface area contributed by atoms with Gasteiger partial charge >= 0.3 is 0 Å². The summed E-state index contributed by atoms with van der Waals surface area (Å²) in [6.07, 6.45) is 1.47. The van der Waals surface area contributed by atoms with Crippen molar-refractivity contribution in [1.82, 2.24) is 14.1 Å². The number of carbonyl (C=O) groups is 1. The van der Waals surface area contributed by atoms with Gasteiger partial charge in [0.2, 0.25) is 15.6 Å². The van der Waals surface area contributed by atoms with E-state index in [9.17, 15) is 13.2 Å². The Hall–Kier alpha value is -4.23. The number of fused-ring (bicyclic) bond motifs is 2. The van der Waals surface area contributed by atoms with Crippen LogP contribution in [0.5, 0.6) is 0 Å². The molecule has 166 valence electrons. The molecule has 0 amide bonds. The number of aromatic nitrogens is 3. The molecule has 0 unspecified atom stereocenters. The average molecular weight is 466 g/mol. The van der Waals surface area contributed by atoms with Crippen molar-refractivity contribution in [2.45, 2.75) is 4.90 Å². The van der Waals surface area contributed by atoms with Gasteiger partial charge in [0.1, 0.15) is 10.7 Å². The van der Waals surface area contributed by atoms with E-state index in [2.05, 4.69) is 0 Å². The van der Waals surface area contributed by atoms with Crippen LogP contribution in [0.1, 0.15) is 16.1 Å². The number of imidazole rings is 1. The van der Waals surface area contributed by atoms with Crippen LogP contribution in [-0.4, -0.2) is 28.3 Å². The quantitative estimate of drug-likeness (QED) is 0.350. The van der Waals surface area contributed by atoms with Gasteiger partial charge in [-0.1, -0.05) is 60.7 Å². The fraction of sp³-hybridized carbons (Fsp3) is 0.0370. The summed E-state index contributed by atoms with van der Waals surface area (Å²) in [5, 5.41) is 0. The summed E-state index contributed by atoms with van der Waals surface area (Å²) in [6.45, 7) is 0. The number of carbonyl (C=O) groups excluding carboxylic acids is 1. The number of sulfone groups is 1. The Labute approximate surface area is 196 Å². The second-order valence-electron chi connectivity index (χ2n) is 8.15.